The largest absolute Gasteiger partial charge is 0.454 e. The third kappa shape index (κ3) is 4.97. The minimum Gasteiger partial charge on any atom is -0.454 e. The highest BCUT2D eigenvalue weighted by Gasteiger charge is 2.38. The number of hydrogen-bond donors (Lipinski definition) is 1. The van der Waals surface area contributed by atoms with Gasteiger partial charge in [0.15, 0.2) is 6.61 Å². The number of esters is 1. The lowest BCUT2D eigenvalue weighted by atomic mass is 10.0. The zero-order valence-electron chi connectivity index (χ0n) is 16.4. The molecule has 3 rings (SSSR count). The van der Waals surface area contributed by atoms with Crippen molar-refractivity contribution in [3.63, 3.8) is 0 Å². The van der Waals surface area contributed by atoms with E-state index in [1.807, 2.05) is 26.0 Å². The standard InChI is InChI=1S/C21H20F3N3O3/c1-13(2)14-7-9-15(10-8-14)25-18(28)12-30-19(29)11-27-17-6-4-3-5-16(17)26-20(27)21(22,23)24/h3-10,13H,11-12H2,1-2H3,(H,25,28). The van der Waals surface area contributed by atoms with Gasteiger partial charge in [0, 0.05) is 5.69 Å². The van der Waals surface area contributed by atoms with Gasteiger partial charge in [-0.2, -0.15) is 13.2 Å². The smallest absolute Gasteiger partial charge is 0.449 e. The Labute approximate surface area is 170 Å². The third-order valence-corrected chi connectivity index (χ3v) is 4.42. The van der Waals surface area contributed by atoms with Crippen LogP contribution in [0.15, 0.2) is 48.5 Å². The van der Waals surface area contributed by atoms with Crippen LogP contribution in [0, 0.1) is 0 Å². The van der Waals surface area contributed by atoms with E-state index in [2.05, 4.69) is 10.3 Å². The van der Waals surface area contributed by atoms with E-state index in [-0.39, 0.29) is 11.0 Å². The number of nitrogens with zero attached hydrogens (tertiary/aromatic N) is 2. The van der Waals surface area contributed by atoms with Gasteiger partial charge in [0.05, 0.1) is 11.0 Å². The Kier molecular flexibility index (Phi) is 6.09. The molecule has 0 fully saturated rings. The Morgan fingerprint density at radius 1 is 1.10 bits per heavy atom. The van der Waals surface area contributed by atoms with Crippen molar-refractivity contribution in [2.24, 2.45) is 0 Å². The number of amides is 1. The number of aromatic nitrogens is 2. The number of alkyl halides is 3. The third-order valence-electron chi connectivity index (χ3n) is 4.42. The second-order valence-corrected chi connectivity index (χ2v) is 6.99. The van der Waals surface area contributed by atoms with E-state index >= 15 is 0 Å². The van der Waals surface area contributed by atoms with Crippen molar-refractivity contribution in [2.75, 3.05) is 11.9 Å². The van der Waals surface area contributed by atoms with Gasteiger partial charge >= 0.3 is 12.1 Å². The SMILES string of the molecule is CC(C)c1ccc(NC(=O)COC(=O)Cn2c(C(F)(F)F)nc3ccccc32)cc1. The summed E-state index contributed by atoms with van der Waals surface area (Å²) in [6, 6.07) is 13.1. The fourth-order valence-electron chi connectivity index (χ4n) is 2.92. The van der Waals surface area contributed by atoms with Crippen LogP contribution in [0.5, 0.6) is 0 Å². The Morgan fingerprint density at radius 3 is 2.40 bits per heavy atom. The van der Waals surface area contributed by atoms with Gasteiger partial charge in [-0.3, -0.25) is 9.59 Å². The number of ether oxygens (including phenoxy) is 1. The van der Waals surface area contributed by atoms with Crippen LogP contribution in [0.4, 0.5) is 18.9 Å². The van der Waals surface area contributed by atoms with Gasteiger partial charge in [0.1, 0.15) is 6.54 Å². The highest BCUT2D eigenvalue weighted by atomic mass is 19.4. The number of hydrogen-bond acceptors (Lipinski definition) is 4. The Balaban J connectivity index is 1.63. The number of anilines is 1. The Hall–Kier alpha value is -3.36. The molecule has 0 unspecified atom stereocenters. The van der Waals surface area contributed by atoms with Crippen LogP contribution in [0.3, 0.4) is 0 Å². The van der Waals surface area contributed by atoms with Crippen molar-refractivity contribution in [1.29, 1.82) is 0 Å². The molecule has 6 nitrogen and oxygen atoms in total. The summed E-state index contributed by atoms with van der Waals surface area (Å²) in [6.45, 7) is 2.76. The fourth-order valence-corrected chi connectivity index (χ4v) is 2.92. The van der Waals surface area contributed by atoms with Crippen molar-refractivity contribution in [3.8, 4) is 0 Å². The molecule has 0 saturated carbocycles. The molecule has 158 valence electrons. The zero-order chi connectivity index (χ0) is 21.9. The van der Waals surface area contributed by atoms with Gasteiger partial charge in [-0.15, -0.1) is 0 Å². The maximum absolute atomic E-state index is 13.3. The van der Waals surface area contributed by atoms with Crippen molar-refractivity contribution in [2.45, 2.75) is 32.5 Å². The first kappa shape index (κ1) is 21.4. The summed E-state index contributed by atoms with van der Waals surface area (Å²) in [5.41, 5.74) is 1.89. The molecule has 0 radical (unpaired) electrons. The second-order valence-electron chi connectivity index (χ2n) is 6.99. The fraction of sp³-hybridized carbons (Fsp3) is 0.286. The van der Waals surface area contributed by atoms with E-state index in [0.717, 1.165) is 10.1 Å². The van der Waals surface area contributed by atoms with Crippen LogP contribution in [-0.4, -0.2) is 28.0 Å². The number of benzene rings is 2. The van der Waals surface area contributed by atoms with E-state index in [9.17, 15) is 22.8 Å². The Bertz CT molecular complexity index is 1060. The normalized spacial score (nSPS) is 11.7. The summed E-state index contributed by atoms with van der Waals surface area (Å²) < 4.78 is 45.4. The number of carbonyl (C=O) groups excluding carboxylic acids is 2. The monoisotopic (exact) mass is 419 g/mol. The lowest BCUT2D eigenvalue weighted by Gasteiger charge is -2.12. The van der Waals surface area contributed by atoms with Gasteiger partial charge in [-0.05, 0) is 35.7 Å². The van der Waals surface area contributed by atoms with Gasteiger partial charge in [-0.25, -0.2) is 4.98 Å². The molecule has 0 aliphatic heterocycles. The molecule has 0 aliphatic carbocycles. The summed E-state index contributed by atoms with van der Waals surface area (Å²) in [7, 11) is 0. The van der Waals surface area contributed by atoms with Crippen molar-refractivity contribution < 1.29 is 27.5 Å². The first-order chi connectivity index (χ1) is 14.1. The van der Waals surface area contributed by atoms with E-state index in [0.29, 0.717) is 11.6 Å². The van der Waals surface area contributed by atoms with Crippen LogP contribution in [0.2, 0.25) is 0 Å². The Morgan fingerprint density at radius 2 is 1.77 bits per heavy atom. The first-order valence-electron chi connectivity index (χ1n) is 9.23. The average molecular weight is 419 g/mol. The molecule has 0 spiro atoms. The minimum absolute atomic E-state index is 0.111. The lowest BCUT2D eigenvalue weighted by molar-refractivity contribution is -0.152. The minimum atomic E-state index is -4.74. The van der Waals surface area contributed by atoms with Crippen LogP contribution in [0.25, 0.3) is 11.0 Å². The molecule has 1 N–H and O–H groups in total. The number of para-hydroxylation sites is 2. The molecular weight excluding hydrogens is 399 g/mol. The number of carbonyl (C=O) groups is 2. The molecule has 0 aliphatic rings. The molecular formula is C21H20F3N3O3. The van der Waals surface area contributed by atoms with Crippen LogP contribution in [-0.2, 0) is 27.0 Å². The number of fused-ring (bicyclic) bond motifs is 1. The molecule has 9 heteroatoms. The van der Waals surface area contributed by atoms with Crippen molar-refractivity contribution >= 4 is 28.6 Å². The van der Waals surface area contributed by atoms with E-state index in [1.54, 1.807) is 24.3 Å². The van der Waals surface area contributed by atoms with Crippen LogP contribution in [0.1, 0.15) is 31.2 Å². The summed E-state index contributed by atoms with van der Waals surface area (Å²) in [4.78, 5) is 27.6. The summed E-state index contributed by atoms with van der Waals surface area (Å²) in [5.74, 6) is -2.42. The summed E-state index contributed by atoms with van der Waals surface area (Å²) >= 11 is 0. The molecule has 30 heavy (non-hydrogen) atoms. The highest BCUT2D eigenvalue weighted by molar-refractivity contribution is 5.92. The van der Waals surface area contributed by atoms with Crippen LogP contribution >= 0.6 is 0 Å². The van der Waals surface area contributed by atoms with E-state index in [4.69, 9.17) is 4.74 Å². The maximum atomic E-state index is 13.3. The van der Waals surface area contributed by atoms with Crippen molar-refractivity contribution in [1.82, 2.24) is 9.55 Å². The van der Waals surface area contributed by atoms with E-state index < -0.39 is 37.0 Å². The molecule has 1 amide bonds. The summed E-state index contributed by atoms with van der Waals surface area (Å²) in [6.07, 6.45) is -4.74. The second kappa shape index (κ2) is 8.56. The van der Waals surface area contributed by atoms with Gasteiger partial charge in [-0.1, -0.05) is 38.1 Å². The molecule has 1 heterocycles. The van der Waals surface area contributed by atoms with Crippen molar-refractivity contribution in [3.05, 3.63) is 59.9 Å². The highest BCUT2D eigenvalue weighted by Crippen LogP contribution is 2.31. The van der Waals surface area contributed by atoms with E-state index in [1.165, 1.54) is 12.1 Å². The summed E-state index contributed by atoms with van der Waals surface area (Å²) in [5, 5.41) is 2.57. The number of nitrogens with one attached hydrogen (secondary N) is 1. The van der Waals surface area contributed by atoms with Gasteiger partial charge in [0.25, 0.3) is 5.91 Å². The maximum Gasteiger partial charge on any atom is 0.449 e. The van der Waals surface area contributed by atoms with Gasteiger partial charge in [0.2, 0.25) is 5.82 Å². The molecule has 0 atom stereocenters. The number of imidazole rings is 1. The number of halogens is 3. The lowest BCUT2D eigenvalue weighted by Crippen LogP contribution is -2.24. The van der Waals surface area contributed by atoms with Crippen LogP contribution < -0.4 is 5.32 Å². The zero-order valence-corrected chi connectivity index (χ0v) is 16.4. The molecule has 0 bridgehead atoms. The molecule has 3 aromatic rings. The number of rotatable bonds is 6. The molecule has 1 aromatic heterocycles. The topological polar surface area (TPSA) is 73.2 Å². The van der Waals surface area contributed by atoms with Gasteiger partial charge < -0.3 is 14.6 Å². The predicted octanol–water partition coefficient (Wildman–Crippen LogP) is 4.36. The molecule has 2 aromatic carbocycles. The average Bonchev–Trinajstić information content (AvgIpc) is 3.06. The predicted molar refractivity (Wildman–Crippen MR) is 105 cm³/mol. The molecule has 0 saturated heterocycles. The first-order valence-corrected chi connectivity index (χ1v) is 9.23. The quantitative estimate of drug-likeness (QED) is 0.603.